The number of ether oxygens (including phenoxy) is 2. The molecular weight excluding hydrogens is 280 g/mol. The van der Waals surface area contributed by atoms with Gasteiger partial charge in [-0.25, -0.2) is 0 Å². The first-order valence-electron chi connectivity index (χ1n) is 6.91. The number of esters is 2. The van der Waals surface area contributed by atoms with Crippen LogP contribution in [0.4, 0.5) is 0 Å². The van der Waals surface area contributed by atoms with Crippen LogP contribution >= 0.6 is 0 Å². The molecule has 2 aromatic carbocycles. The number of hydrogen-bond acceptors (Lipinski definition) is 4. The molecule has 2 rings (SSSR count). The van der Waals surface area contributed by atoms with Crippen molar-refractivity contribution in [3.63, 3.8) is 0 Å². The lowest BCUT2D eigenvalue weighted by atomic mass is 9.98. The van der Waals surface area contributed by atoms with Crippen molar-refractivity contribution < 1.29 is 19.1 Å². The highest BCUT2D eigenvalue weighted by Gasteiger charge is 2.32. The molecule has 0 bridgehead atoms. The number of rotatable bonds is 5. The number of hydrogen-bond donors (Lipinski definition) is 0. The molecule has 1 unspecified atom stereocenters. The largest absolute Gasteiger partial charge is 0.453 e. The van der Waals surface area contributed by atoms with E-state index in [0.29, 0.717) is 11.7 Å². The third-order valence-electron chi connectivity index (χ3n) is 2.94. The molecule has 0 aliphatic carbocycles. The monoisotopic (exact) mass is 297 g/mol. The van der Waals surface area contributed by atoms with Crippen LogP contribution in [0.2, 0.25) is 0 Å². The first-order chi connectivity index (χ1) is 10.6. The van der Waals surface area contributed by atoms with Gasteiger partial charge >= 0.3 is 11.9 Å². The molecule has 0 saturated carbocycles. The topological polar surface area (TPSA) is 52.6 Å². The summed E-state index contributed by atoms with van der Waals surface area (Å²) in [5.74, 6) is -0.915. The molecule has 0 fully saturated rings. The van der Waals surface area contributed by atoms with E-state index in [4.69, 9.17) is 9.47 Å². The summed E-state index contributed by atoms with van der Waals surface area (Å²) in [6, 6.07) is 18.3. The van der Waals surface area contributed by atoms with Gasteiger partial charge in [-0.1, -0.05) is 60.7 Å². The molecule has 4 heteroatoms. The average molecular weight is 297 g/mol. The summed E-state index contributed by atoms with van der Waals surface area (Å²) in [5.41, 5.74) is 1.42. The molecule has 113 valence electrons. The summed E-state index contributed by atoms with van der Waals surface area (Å²) in [5, 5.41) is 0. The molecule has 0 amide bonds. The molecular formula is C18H17O4. The van der Waals surface area contributed by atoms with Crippen molar-refractivity contribution in [2.24, 2.45) is 0 Å². The summed E-state index contributed by atoms with van der Waals surface area (Å²) in [4.78, 5) is 22.9. The van der Waals surface area contributed by atoms with E-state index in [0.717, 1.165) is 5.56 Å². The molecule has 0 heterocycles. The van der Waals surface area contributed by atoms with Crippen LogP contribution in [0.5, 0.6) is 0 Å². The summed E-state index contributed by atoms with van der Waals surface area (Å²) in [6.45, 7) is 2.64. The predicted molar refractivity (Wildman–Crippen MR) is 81.5 cm³/mol. The van der Waals surface area contributed by atoms with Gasteiger partial charge in [0.15, 0.2) is 6.10 Å². The second kappa shape index (κ2) is 7.41. The van der Waals surface area contributed by atoms with E-state index in [1.807, 2.05) is 48.5 Å². The smallest absolute Gasteiger partial charge is 0.303 e. The lowest BCUT2D eigenvalue weighted by molar-refractivity contribution is -0.154. The minimum Gasteiger partial charge on any atom is -0.453 e. The van der Waals surface area contributed by atoms with Gasteiger partial charge in [0.2, 0.25) is 6.10 Å². The molecule has 0 saturated heterocycles. The Morgan fingerprint density at radius 3 is 1.86 bits per heavy atom. The molecule has 0 N–H and O–H groups in total. The molecule has 4 nitrogen and oxygen atoms in total. The Hall–Kier alpha value is -2.62. The van der Waals surface area contributed by atoms with Crippen LogP contribution in [-0.2, 0) is 19.1 Å². The zero-order valence-corrected chi connectivity index (χ0v) is 12.5. The van der Waals surface area contributed by atoms with E-state index in [-0.39, 0.29) is 0 Å². The van der Waals surface area contributed by atoms with Gasteiger partial charge in [-0.3, -0.25) is 9.59 Å². The van der Waals surface area contributed by atoms with E-state index < -0.39 is 18.0 Å². The lowest BCUT2D eigenvalue weighted by Crippen LogP contribution is -2.22. The van der Waals surface area contributed by atoms with Gasteiger partial charge in [0.25, 0.3) is 0 Å². The fourth-order valence-electron chi connectivity index (χ4n) is 2.09. The van der Waals surface area contributed by atoms with E-state index in [1.165, 1.54) is 13.8 Å². The molecule has 22 heavy (non-hydrogen) atoms. The van der Waals surface area contributed by atoms with E-state index in [2.05, 4.69) is 0 Å². The van der Waals surface area contributed by atoms with E-state index >= 15 is 0 Å². The normalized spacial score (nSPS) is 11.8. The fourth-order valence-corrected chi connectivity index (χ4v) is 2.09. The Kier molecular flexibility index (Phi) is 5.31. The Bertz CT molecular complexity index is 565. The molecule has 1 atom stereocenters. The maximum Gasteiger partial charge on any atom is 0.303 e. The van der Waals surface area contributed by atoms with Gasteiger partial charge in [-0.2, -0.15) is 0 Å². The Morgan fingerprint density at radius 1 is 0.818 bits per heavy atom. The zero-order chi connectivity index (χ0) is 15.9. The second-order valence-electron chi connectivity index (χ2n) is 4.72. The molecule has 0 aliphatic heterocycles. The summed E-state index contributed by atoms with van der Waals surface area (Å²) >= 11 is 0. The van der Waals surface area contributed by atoms with Gasteiger partial charge in [0.05, 0.1) is 0 Å². The van der Waals surface area contributed by atoms with Crippen LogP contribution in [0.25, 0.3) is 0 Å². The van der Waals surface area contributed by atoms with Crippen molar-refractivity contribution in [1.29, 1.82) is 0 Å². The number of carbonyl (C=O) groups excluding carboxylic acids is 2. The van der Waals surface area contributed by atoms with E-state index in [9.17, 15) is 9.59 Å². The third-order valence-corrected chi connectivity index (χ3v) is 2.94. The van der Waals surface area contributed by atoms with Crippen molar-refractivity contribution >= 4 is 11.9 Å². The number of carbonyl (C=O) groups is 2. The van der Waals surface area contributed by atoms with Crippen molar-refractivity contribution in [2.45, 2.75) is 20.0 Å². The van der Waals surface area contributed by atoms with Crippen LogP contribution in [0.1, 0.15) is 31.1 Å². The Labute approximate surface area is 129 Å². The van der Waals surface area contributed by atoms with Crippen LogP contribution < -0.4 is 0 Å². The molecule has 2 aromatic rings. The van der Waals surface area contributed by atoms with Gasteiger partial charge in [0.1, 0.15) is 0 Å². The molecule has 0 aliphatic rings. The fraction of sp³-hybridized carbons (Fsp3) is 0.167. The average Bonchev–Trinajstić information content (AvgIpc) is 2.52. The summed E-state index contributed by atoms with van der Waals surface area (Å²) in [7, 11) is 0. The van der Waals surface area contributed by atoms with Gasteiger partial charge in [0, 0.05) is 19.4 Å². The van der Waals surface area contributed by atoms with Crippen molar-refractivity contribution in [1.82, 2.24) is 0 Å². The summed E-state index contributed by atoms with van der Waals surface area (Å²) in [6.07, 6.45) is -0.473. The quantitative estimate of drug-likeness (QED) is 0.793. The zero-order valence-electron chi connectivity index (χ0n) is 12.5. The predicted octanol–water partition coefficient (Wildman–Crippen LogP) is 3.43. The van der Waals surface area contributed by atoms with Crippen molar-refractivity contribution in [3.05, 3.63) is 77.9 Å². The van der Waals surface area contributed by atoms with Crippen LogP contribution in [-0.4, -0.2) is 11.9 Å². The van der Waals surface area contributed by atoms with Gasteiger partial charge in [-0.15, -0.1) is 0 Å². The minimum absolute atomic E-state index is 0.300. The first-order valence-corrected chi connectivity index (χ1v) is 6.91. The third kappa shape index (κ3) is 4.19. The molecule has 0 spiro atoms. The highest BCUT2D eigenvalue weighted by Crippen LogP contribution is 2.34. The lowest BCUT2D eigenvalue weighted by Gasteiger charge is -2.25. The highest BCUT2D eigenvalue weighted by atomic mass is 16.6. The maximum absolute atomic E-state index is 11.5. The number of benzene rings is 2. The maximum atomic E-state index is 11.5. The minimum atomic E-state index is -0.773. The van der Waals surface area contributed by atoms with E-state index in [1.54, 1.807) is 12.1 Å². The van der Waals surface area contributed by atoms with Gasteiger partial charge < -0.3 is 9.47 Å². The molecule has 0 aromatic heterocycles. The Balaban J connectivity index is 2.43. The van der Waals surface area contributed by atoms with Crippen molar-refractivity contribution in [2.75, 3.05) is 0 Å². The first kappa shape index (κ1) is 15.8. The summed E-state index contributed by atoms with van der Waals surface area (Å²) < 4.78 is 10.8. The van der Waals surface area contributed by atoms with Crippen LogP contribution in [0, 0.1) is 6.10 Å². The van der Waals surface area contributed by atoms with Crippen LogP contribution in [0.3, 0.4) is 0 Å². The van der Waals surface area contributed by atoms with Crippen LogP contribution in [0.15, 0.2) is 60.7 Å². The Morgan fingerprint density at radius 2 is 1.36 bits per heavy atom. The molecule has 1 radical (unpaired) electrons. The standard InChI is InChI=1S/C18H17O4/c1-13(19)21-17(15-9-5-3-6-10-15)18(22-14(2)20)16-11-7-4-8-12-16/h3-12,17H,1-2H3. The van der Waals surface area contributed by atoms with Crippen molar-refractivity contribution in [3.8, 4) is 0 Å². The SMILES string of the molecule is CC(=O)O[C](c1ccccc1)C(OC(C)=O)c1ccccc1. The van der Waals surface area contributed by atoms with Gasteiger partial charge in [-0.05, 0) is 5.56 Å². The highest BCUT2D eigenvalue weighted by molar-refractivity contribution is 5.69. The second-order valence-corrected chi connectivity index (χ2v) is 4.72.